The lowest BCUT2D eigenvalue weighted by Gasteiger charge is -2.31. The third kappa shape index (κ3) is 3.24. The van der Waals surface area contributed by atoms with Gasteiger partial charge in [-0.3, -0.25) is 4.79 Å². The maximum absolute atomic E-state index is 13.7. The number of hydrogen-bond donors (Lipinski definition) is 1. The Balaban J connectivity index is 1.56. The van der Waals surface area contributed by atoms with Gasteiger partial charge < -0.3 is 15.0 Å². The molecule has 0 saturated heterocycles. The molecule has 2 aliphatic rings. The number of ether oxygens (including phenoxy) is 1. The van der Waals surface area contributed by atoms with Gasteiger partial charge >= 0.3 is 0 Å². The number of nitrogens with one attached hydrogen (secondary N) is 1. The van der Waals surface area contributed by atoms with Crippen LogP contribution in [-0.4, -0.2) is 37.0 Å². The molecule has 120 valence electrons. The maximum Gasteiger partial charge on any atom is 0.229 e. The van der Waals surface area contributed by atoms with E-state index in [0.29, 0.717) is 24.0 Å². The number of benzene rings is 1. The van der Waals surface area contributed by atoms with E-state index >= 15 is 0 Å². The molecule has 0 radical (unpaired) electrons. The molecule has 1 aliphatic carbocycles. The highest BCUT2D eigenvalue weighted by atomic mass is 19.1. The highest BCUT2D eigenvalue weighted by Crippen LogP contribution is 2.34. The van der Waals surface area contributed by atoms with E-state index in [0.717, 1.165) is 6.54 Å². The molecule has 1 fully saturated rings. The smallest absolute Gasteiger partial charge is 0.229 e. The number of hydrogen-bond acceptors (Lipinski definition) is 3. The average Bonchev–Trinajstić information content (AvgIpc) is 2.93. The molecule has 0 aromatic heterocycles. The van der Waals surface area contributed by atoms with Gasteiger partial charge in [0.05, 0.1) is 12.1 Å². The van der Waals surface area contributed by atoms with E-state index in [1.54, 1.807) is 6.07 Å². The molecule has 1 heterocycles. The van der Waals surface area contributed by atoms with Crippen LogP contribution in [0.15, 0.2) is 12.1 Å². The topological polar surface area (TPSA) is 41.6 Å². The summed E-state index contributed by atoms with van der Waals surface area (Å²) in [6, 6.07) is 3.62. The van der Waals surface area contributed by atoms with Crippen LogP contribution in [0.2, 0.25) is 0 Å². The summed E-state index contributed by atoms with van der Waals surface area (Å²) in [5.41, 5.74) is 0.924. The Labute approximate surface area is 130 Å². The van der Waals surface area contributed by atoms with Crippen LogP contribution in [0, 0.1) is 5.82 Å². The molecule has 1 N–H and O–H groups in total. The van der Waals surface area contributed by atoms with E-state index in [4.69, 9.17) is 4.74 Å². The monoisotopic (exact) mass is 306 g/mol. The second-order valence-electron chi connectivity index (χ2n) is 6.24. The average molecular weight is 306 g/mol. The molecule has 1 aromatic rings. The standard InChI is InChI=1S/C17H23FN2O2/c1-20(12-5-3-2-4-6-12)9-10-22-15-8-7-14(18)17-13(15)11-16(21)19-17/h7-8,12H,2-6,9-11H2,1H3,(H,19,21). The van der Waals surface area contributed by atoms with Crippen molar-refractivity contribution < 1.29 is 13.9 Å². The molecule has 0 unspecified atom stereocenters. The fourth-order valence-corrected chi connectivity index (χ4v) is 3.39. The van der Waals surface area contributed by atoms with Crippen LogP contribution >= 0.6 is 0 Å². The Morgan fingerprint density at radius 2 is 2.09 bits per heavy atom. The number of halogens is 1. The van der Waals surface area contributed by atoms with Crippen molar-refractivity contribution in [2.75, 3.05) is 25.5 Å². The third-order valence-electron chi connectivity index (χ3n) is 4.72. The van der Waals surface area contributed by atoms with E-state index in [2.05, 4.69) is 17.3 Å². The van der Waals surface area contributed by atoms with Gasteiger partial charge in [-0.1, -0.05) is 19.3 Å². The van der Waals surface area contributed by atoms with E-state index < -0.39 is 5.82 Å². The first-order chi connectivity index (χ1) is 10.6. The predicted molar refractivity (Wildman–Crippen MR) is 83.7 cm³/mol. The summed E-state index contributed by atoms with van der Waals surface area (Å²) in [5.74, 6) is 0.0450. The summed E-state index contributed by atoms with van der Waals surface area (Å²) in [5, 5.41) is 2.55. The quantitative estimate of drug-likeness (QED) is 0.909. The minimum absolute atomic E-state index is 0.177. The largest absolute Gasteiger partial charge is 0.492 e. The summed E-state index contributed by atoms with van der Waals surface area (Å²) < 4.78 is 19.5. The fourth-order valence-electron chi connectivity index (χ4n) is 3.39. The SMILES string of the molecule is CN(CCOc1ccc(F)c2c1CC(=O)N2)C1CCCCC1. The summed E-state index contributed by atoms with van der Waals surface area (Å²) >= 11 is 0. The predicted octanol–water partition coefficient (Wildman–Crippen LogP) is 2.96. The Hall–Kier alpha value is -1.62. The molecule has 0 atom stereocenters. The van der Waals surface area contributed by atoms with Crippen LogP contribution in [0.5, 0.6) is 5.75 Å². The Morgan fingerprint density at radius 3 is 2.86 bits per heavy atom. The number of likely N-dealkylation sites (N-methyl/N-ethyl adjacent to an activating group) is 1. The van der Waals surface area contributed by atoms with Gasteiger partial charge in [0.15, 0.2) is 0 Å². The minimum atomic E-state index is -0.396. The molecule has 0 spiro atoms. The summed E-state index contributed by atoms with van der Waals surface area (Å²) in [6.45, 7) is 1.40. The van der Waals surface area contributed by atoms with Gasteiger partial charge in [0.2, 0.25) is 5.91 Å². The lowest BCUT2D eigenvalue weighted by Crippen LogP contribution is -2.36. The number of amides is 1. The molecule has 4 nitrogen and oxygen atoms in total. The summed E-state index contributed by atoms with van der Waals surface area (Å²) in [7, 11) is 2.14. The molecular weight excluding hydrogens is 283 g/mol. The van der Waals surface area contributed by atoms with Crippen molar-refractivity contribution in [3.8, 4) is 5.75 Å². The van der Waals surface area contributed by atoms with Crippen LogP contribution in [0.4, 0.5) is 10.1 Å². The van der Waals surface area contributed by atoms with Crippen LogP contribution in [-0.2, 0) is 11.2 Å². The normalized spacial score (nSPS) is 18.4. The van der Waals surface area contributed by atoms with Crippen LogP contribution in [0.25, 0.3) is 0 Å². The highest BCUT2D eigenvalue weighted by molar-refractivity contribution is 6.00. The molecule has 5 heteroatoms. The van der Waals surface area contributed by atoms with Gasteiger partial charge in [0.1, 0.15) is 18.2 Å². The zero-order chi connectivity index (χ0) is 15.5. The summed E-state index contributed by atoms with van der Waals surface area (Å²) in [6.07, 6.45) is 6.70. The Kier molecular flexibility index (Phi) is 4.62. The van der Waals surface area contributed by atoms with Crippen molar-refractivity contribution >= 4 is 11.6 Å². The minimum Gasteiger partial charge on any atom is -0.492 e. The molecule has 0 bridgehead atoms. The van der Waals surface area contributed by atoms with E-state index in [-0.39, 0.29) is 18.0 Å². The number of fused-ring (bicyclic) bond motifs is 1. The van der Waals surface area contributed by atoms with Gasteiger partial charge in [0, 0.05) is 18.2 Å². The molecular formula is C17H23FN2O2. The van der Waals surface area contributed by atoms with Gasteiger partial charge in [-0.25, -0.2) is 4.39 Å². The van der Waals surface area contributed by atoms with E-state index in [1.165, 1.54) is 38.2 Å². The van der Waals surface area contributed by atoms with Gasteiger partial charge in [-0.15, -0.1) is 0 Å². The van der Waals surface area contributed by atoms with E-state index in [1.807, 2.05) is 0 Å². The van der Waals surface area contributed by atoms with Crippen molar-refractivity contribution in [2.45, 2.75) is 44.6 Å². The van der Waals surface area contributed by atoms with Gasteiger partial charge in [0.25, 0.3) is 0 Å². The highest BCUT2D eigenvalue weighted by Gasteiger charge is 2.25. The number of carbonyl (C=O) groups is 1. The van der Waals surface area contributed by atoms with Crippen molar-refractivity contribution in [3.63, 3.8) is 0 Å². The fraction of sp³-hybridized carbons (Fsp3) is 0.588. The number of anilines is 1. The molecule has 1 aliphatic heterocycles. The molecule has 1 saturated carbocycles. The Bertz CT molecular complexity index is 556. The maximum atomic E-state index is 13.7. The van der Waals surface area contributed by atoms with E-state index in [9.17, 15) is 9.18 Å². The molecule has 3 rings (SSSR count). The number of rotatable bonds is 5. The Morgan fingerprint density at radius 1 is 1.32 bits per heavy atom. The number of nitrogens with zero attached hydrogens (tertiary/aromatic N) is 1. The lowest BCUT2D eigenvalue weighted by atomic mass is 9.94. The van der Waals surface area contributed by atoms with Crippen molar-refractivity contribution in [3.05, 3.63) is 23.5 Å². The second-order valence-corrected chi connectivity index (χ2v) is 6.24. The first kappa shape index (κ1) is 15.3. The zero-order valence-corrected chi connectivity index (χ0v) is 13.0. The lowest BCUT2D eigenvalue weighted by molar-refractivity contribution is -0.115. The molecule has 22 heavy (non-hydrogen) atoms. The van der Waals surface area contributed by atoms with Crippen LogP contribution in [0.3, 0.4) is 0 Å². The van der Waals surface area contributed by atoms with Crippen LogP contribution < -0.4 is 10.1 Å². The van der Waals surface area contributed by atoms with Crippen molar-refractivity contribution in [1.29, 1.82) is 0 Å². The van der Waals surface area contributed by atoms with Crippen molar-refractivity contribution in [2.24, 2.45) is 0 Å². The first-order valence-electron chi connectivity index (χ1n) is 8.09. The molecule has 1 aromatic carbocycles. The third-order valence-corrected chi connectivity index (χ3v) is 4.72. The van der Waals surface area contributed by atoms with Gasteiger partial charge in [-0.2, -0.15) is 0 Å². The number of carbonyl (C=O) groups excluding carboxylic acids is 1. The second kappa shape index (κ2) is 6.65. The summed E-state index contributed by atoms with van der Waals surface area (Å²) in [4.78, 5) is 13.8. The van der Waals surface area contributed by atoms with Crippen molar-refractivity contribution in [1.82, 2.24) is 4.90 Å². The van der Waals surface area contributed by atoms with Gasteiger partial charge in [-0.05, 0) is 32.0 Å². The zero-order valence-electron chi connectivity index (χ0n) is 13.0. The van der Waals surface area contributed by atoms with Crippen LogP contribution in [0.1, 0.15) is 37.7 Å². The first-order valence-corrected chi connectivity index (χ1v) is 8.09. The molecule has 1 amide bonds.